The number of unbranched alkanes of at least 4 members (excludes halogenated alkanes) is 18. The molecular formula is C50H78NNaO12S. The molecular weight excluding hydrogens is 862 g/mol. The van der Waals surface area contributed by atoms with Crippen LogP contribution in [-0.4, -0.2) is 84.4 Å². The Morgan fingerprint density at radius 2 is 1.14 bits per heavy atom. The van der Waals surface area contributed by atoms with Crippen LogP contribution in [0.1, 0.15) is 179 Å². The molecule has 0 aromatic heterocycles. The van der Waals surface area contributed by atoms with Crippen LogP contribution in [0.15, 0.2) is 60.7 Å². The van der Waals surface area contributed by atoms with E-state index in [2.05, 4.69) is 48.6 Å². The van der Waals surface area contributed by atoms with Crippen LogP contribution in [0.3, 0.4) is 0 Å². The number of aryl methyl sites for hydroxylation is 2. The molecule has 15 heteroatoms. The summed E-state index contributed by atoms with van der Waals surface area (Å²) in [6.07, 6.45) is 15.4. The first-order chi connectivity index (χ1) is 31.0. The van der Waals surface area contributed by atoms with Gasteiger partial charge in [-0.05, 0) is 62.5 Å². The average Bonchev–Trinajstić information content (AvgIpc) is 3.27. The summed E-state index contributed by atoms with van der Waals surface area (Å²) in [7, 11) is -5.42. The Morgan fingerprint density at radius 1 is 0.677 bits per heavy atom. The second-order valence-corrected chi connectivity index (χ2v) is 18.4. The Kier molecular flexibility index (Phi) is 32.3. The molecule has 0 bridgehead atoms. The van der Waals surface area contributed by atoms with Crippen molar-refractivity contribution in [3.8, 4) is 0 Å². The minimum atomic E-state index is -5.42. The van der Waals surface area contributed by atoms with Crippen molar-refractivity contribution < 1.29 is 85.5 Å². The predicted molar refractivity (Wildman–Crippen MR) is 246 cm³/mol. The molecule has 3 N–H and O–H groups in total. The number of nitrogens with one attached hydrogen (secondary N) is 1. The SMILES string of the molecule is CCCCCCCCCCC[C@@H](CC(=O)N[C@H]1C(O)O[C@H](CO)[C@@H](OS(=O)(=O)[O-])[C@@H]1OC(=O)CCCCCCCCc1ccccc1)OC(=O)CCCCCCCCc1ccccc1.[Na+]. The molecule has 3 rings (SSSR count). The number of rotatable bonds is 36. The van der Waals surface area contributed by atoms with E-state index < -0.39 is 71.6 Å². The van der Waals surface area contributed by atoms with Crippen LogP contribution in [0.5, 0.6) is 0 Å². The maximum absolute atomic E-state index is 13.7. The first-order valence-corrected chi connectivity index (χ1v) is 25.7. The van der Waals surface area contributed by atoms with Crippen molar-refractivity contribution in [1.29, 1.82) is 0 Å². The van der Waals surface area contributed by atoms with E-state index in [9.17, 15) is 37.6 Å². The molecule has 65 heavy (non-hydrogen) atoms. The fourth-order valence-electron chi connectivity index (χ4n) is 8.31. The number of hydrogen-bond acceptors (Lipinski definition) is 12. The summed E-state index contributed by atoms with van der Waals surface area (Å²) in [6, 6.07) is 19.1. The van der Waals surface area contributed by atoms with E-state index in [0.717, 1.165) is 109 Å². The molecule has 1 aliphatic rings. The average molecular weight is 940 g/mol. The Labute approximate surface area is 412 Å². The first kappa shape index (κ1) is 58.7. The van der Waals surface area contributed by atoms with Crippen LogP contribution in [0.25, 0.3) is 0 Å². The number of benzene rings is 2. The number of aliphatic hydroxyl groups is 2. The fraction of sp³-hybridized carbons (Fsp3) is 0.700. The van der Waals surface area contributed by atoms with E-state index in [1.807, 2.05) is 24.3 Å². The van der Waals surface area contributed by atoms with Crippen LogP contribution < -0.4 is 34.9 Å². The Morgan fingerprint density at radius 3 is 1.63 bits per heavy atom. The molecule has 0 saturated carbocycles. The van der Waals surface area contributed by atoms with Gasteiger partial charge in [0.1, 0.15) is 24.4 Å². The quantitative estimate of drug-likeness (QED) is 0.0233. The van der Waals surface area contributed by atoms with Gasteiger partial charge in [0.25, 0.3) is 0 Å². The summed E-state index contributed by atoms with van der Waals surface area (Å²) in [5, 5.41) is 23.6. The summed E-state index contributed by atoms with van der Waals surface area (Å²) in [5.74, 6) is -1.85. The number of ether oxygens (including phenoxy) is 3. The number of hydrogen-bond donors (Lipinski definition) is 3. The molecule has 1 heterocycles. The van der Waals surface area contributed by atoms with Gasteiger partial charge < -0.3 is 34.3 Å². The van der Waals surface area contributed by atoms with Crippen molar-refractivity contribution in [3.05, 3.63) is 71.8 Å². The number of carbonyl (C=O) groups excluding carboxylic acids is 3. The molecule has 1 amide bonds. The molecule has 13 nitrogen and oxygen atoms in total. The zero-order valence-corrected chi connectivity index (χ0v) is 42.2. The van der Waals surface area contributed by atoms with Gasteiger partial charge in [-0.15, -0.1) is 0 Å². The van der Waals surface area contributed by atoms with Gasteiger partial charge in [-0.3, -0.25) is 18.6 Å². The van der Waals surface area contributed by atoms with Gasteiger partial charge in [-0.25, -0.2) is 8.42 Å². The first-order valence-electron chi connectivity index (χ1n) is 24.3. The van der Waals surface area contributed by atoms with Crippen LogP contribution >= 0.6 is 0 Å². The third-order valence-corrected chi connectivity index (χ3v) is 12.3. The standard InChI is InChI=1S/C50H79NO12S.Na/c1-2-3-4-5-6-7-8-15-26-35-42(60-45(54)36-27-16-11-9-13-20-29-40-31-22-18-23-32-40)38-44(53)51-47-49(48(63-64(57,58)59)43(39-52)61-50(47)56)62-46(55)37-28-17-12-10-14-21-30-41-33-24-19-25-34-41;/h18-19,22-25,31-34,42-43,47-50,52,56H,2-17,20-21,26-30,35-39H2,1H3,(H,51,53)(H,57,58,59);/q;+1/p-1/t42-,43+,47+,48+,49+,50?;/m0./s1. The van der Waals surface area contributed by atoms with Crippen molar-refractivity contribution in [2.75, 3.05) is 6.61 Å². The Bertz CT molecular complexity index is 1650. The summed E-state index contributed by atoms with van der Waals surface area (Å²) in [6.45, 7) is 1.30. The van der Waals surface area contributed by atoms with E-state index in [-0.39, 0.29) is 48.8 Å². The summed E-state index contributed by atoms with van der Waals surface area (Å²) >= 11 is 0. The molecule has 0 aliphatic carbocycles. The zero-order valence-electron chi connectivity index (χ0n) is 39.4. The number of carbonyl (C=O) groups is 3. The third-order valence-electron chi connectivity index (χ3n) is 11.9. The normalized spacial score (nSPS) is 18.9. The minimum Gasteiger partial charge on any atom is -0.726 e. The van der Waals surface area contributed by atoms with Crippen molar-refractivity contribution in [1.82, 2.24) is 5.32 Å². The molecule has 2 aromatic rings. The largest absolute Gasteiger partial charge is 1.00 e. The van der Waals surface area contributed by atoms with Gasteiger partial charge in [-0.2, -0.15) is 0 Å². The van der Waals surface area contributed by atoms with Gasteiger partial charge in [0.05, 0.1) is 13.0 Å². The van der Waals surface area contributed by atoms with Crippen molar-refractivity contribution >= 4 is 28.2 Å². The second kappa shape index (κ2) is 35.7. The summed E-state index contributed by atoms with van der Waals surface area (Å²) < 4.78 is 57.1. The molecule has 1 fully saturated rings. The topological polar surface area (TPSA) is 198 Å². The number of amides is 1. The molecule has 1 aliphatic heterocycles. The maximum Gasteiger partial charge on any atom is 1.00 e. The number of esters is 2. The molecule has 6 atom stereocenters. The van der Waals surface area contributed by atoms with E-state index in [0.29, 0.717) is 19.3 Å². The van der Waals surface area contributed by atoms with Gasteiger partial charge in [0.2, 0.25) is 16.3 Å². The van der Waals surface area contributed by atoms with Gasteiger partial charge in [0.15, 0.2) is 12.4 Å². The second-order valence-electron chi connectivity index (χ2n) is 17.4. The third kappa shape index (κ3) is 27.3. The monoisotopic (exact) mass is 940 g/mol. The van der Waals surface area contributed by atoms with E-state index >= 15 is 0 Å². The van der Waals surface area contributed by atoms with Crippen molar-refractivity contribution in [2.24, 2.45) is 0 Å². The molecule has 1 saturated heterocycles. The summed E-state index contributed by atoms with van der Waals surface area (Å²) in [5.41, 5.74) is 2.63. The summed E-state index contributed by atoms with van der Waals surface area (Å²) in [4.78, 5) is 39.9. The predicted octanol–water partition coefficient (Wildman–Crippen LogP) is 6.11. The maximum atomic E-state index is 13.7. The van der Waals surface area contributed by atoms with Crippen LogP contribution in [0.4, 0.5) is 0 Å². The minimum absolute atomic E-state index is 0. The number of aliphatic hydroxyl groups excluding tert-OH is 2. The van der Waals surface area contributed by atoms with E-state index in [1.165, 1.54) is 36.8 Å². The molecule has 362 valence electrons. The van der Waals surface area contributed by atoms with E-state index in [4.69, 9.17) is 18.4 Å². The van der Waals surface area contributed by atoms with Crippen LogP contribution in [-0.2, 0) is 56.0 Å². The van der Waals surface area contributed by atoms with Gasteiger partial charge in [-0.1, -0.05) is 170 Å². The Balaban J connectivity index is 0.0000145. The molecule has 2 aromatic carbocycles. The smallest absolute Gasteiger partial charge is 0.726 e. The Hall–Kier alpha value is -2.40. The van der Waals surface area contributed by atoms with Crippen molar-refractivity contribution in [2.45, 2.75) is 217 Å². The molecule has 0 spiro atoms. The fourth-order valence-corrected chi connectivity index (χ4v) is 8.81. The van der Waals surface area contributed by atoms with Gasteiger partial charge in [0, 0.05) is 12.8 Å². The molecule has 0 radical (unpaired) electrons. The van der Waals surface area contributed by atoms with Gasteiger partial charge >= 0.3 is 41.5 Å². The van der Waals surface area contributed by atoms with Crippen LogP contribution in [0, 0.1) is 0 Å². The van der Waals surface area contributed by atoms with E-state index in [1.54, 1.807) is 0 Å². The van der Waals surface area contributed by atoms with Crippen molar-refractivity contribution in [3.63, 3.8) is 0 Å². The van der Waals surface area contributed by atoms with Crippen LogP contribution in [0.2, 0.25) is 0 Å². The zero-order chi connectivity index (χ0) is 46.3. The molecule has 1 unspecified atom stereocenters.